The van der Waals surface area contributed by atoms with Crippen LogP contribution in [0.25, 0.3) is 11.2 Å². The Bertz CT molecular complexity index is 1380. The van der Waals surface area contributed by atoms with Gasteiger partial charge in [0.05, 0.1) is 40.1 Å². The van der Waals surface area contributed by atoms with Gasteiger partial charge in [-0.15, -0.1) is 0 Å². The van der Waals surface area contributed by atoms with Crippen LogP contribution in [0.5, 0.6) is 0 Å². The number of carbonyl (C=O) groups is 2. The zero-order valence-electron chi connectivity index (χ0n) is 15.8. The molecule has 0 saturated heterocycles. The summed E-state index contributed by atoms with van der Waals surface area (Å²) in [6.07, 6.45) is 7.84. The van der Waals surface area contributed by atoms with E-state index in [-0.39, 0.29) is 11.1 Å². The second kappa shape index (κ2) is 5.90. The maximum absolute atomic E-state index is 12.9. The molecule has 3 aliphatic rings. The molecule has 0 aliphatic carbocycles. The van der Waals surface area contributed by atoms with Gasteiger partial charge in [-0.3, -0.25) is 24.3 Å². The third kappa shape index (κ3) is 2.15. The van der Waals surface area contributed by atoms with Crippen molar-refractivity contribution in [1.29, 1.82) is 0 Å². The fourth-order valence-corrected chi connectivity index (χ4v) is 4.43. The van der Waals surface area contributed by atoms with Crippen LogP contribution in [0, 0.1) is 0 Å². The zero-order valence-corrected chi connectivity index (χ0v) is 15.8. The van der Waals surface area contributed by atoms with E-state index in [0.29, 0.717) is 22.7 Å². The number of amides is 2. The fourth-order valence-electron chi connectivity index (χ4n) is 4.43. The lowest BCUT2D eigenvalue weighted by molar-refractivity contribution is -0.123. The van der Waals surface area contributed by atoms with Gasteiger partial charge < -0.3 is 10.6 Å². The second-order valence-corrected chi connectivity index (χ2v) is 7.37. The number of carbonyl (C=O) groups excluding carboxylic acids is 2. The quantitative estimate of drug-likeness (QED) is 0.641. The van der Waals surface area contributed by atoms with Crippen molar-refractivity contribution in [2.75, 3.05) is 17.2 Å². The van der Waals surface area contributed by atoms with Gasteiger partial charge in [-0.1, -0.05) is 18.2 Å². The Morgan fingerprint density at radius 3 is 2.83 bits per heavy atom. The van der Waals surface area contributed by atoms with E-state index in [0.717, 1.165) is 24.2 Å². The van der Waals surface area contributed by atoms with Crippen molar-refractivity contribution < 1.29 is 9.59 Å². The van der Waals surface area contributed by atoms with Gasteiger partial charge in [-0.05, 0) is 24.1 Å². The summed E-state index contributed by atoms with van der Waals surface area (Å²) in [5.74, 6) is -0.940. The van der Waals surface area contributed by atoms with Gasteiger partial charge in [-0.2, -0.15) is 0 Å². The van der Waals surface area contributed by atoms with Crippen molar-refractivity contribution in [3.8, 4) is 0 Å². The molecular formula is C22H16N6O2. The van der Waals surface area contributed by atoms with Crippen LogP contribution in [-0.2, 0) is 16.0 Å². The zero-order chi connectivity index (χ0) is 20.4. The summed E-state index contributed by atoms with van der Waals surface area (Å²) in [6, 6.07) is 9.50. The molecule has 1 aromatic carbocycles. The Balaban J connectivity index is 1.64. The van der Waals surface area contributed by atoms with Crippen LogP contribution < -0.4 is 16.0 Å². The van der Waals surface area contributed by atoms with Crippen molar-refractivity contribution >= 4 is 40.1 Å². The molecule has 0 saturated carbocycles. The molecule has 3 aliphatic heterocycles. The summed E-state index contributed by atoms with van der Waals surface area (Å²) in [7, 11) is 0. The van der Waals surface area contributed by atoms with Crippen LogP contribution in [0.15, 0.2) is 65.7 Å². The van der Waals surface area contributed by atoms with E-state index in [1.54, 1.807) is 35.1 Å². The lowest BCUT2D eigenvalue weighted by atomic mass is 9.94. The van der Waals surface area contributed by atoms with E-state index >= 15 is 0 Å². The molecular weight excluding hydrogens is 380 g/mol. The highest BCUT2D eigenvalue weighted by molar-refractivity contribution is 6.47. The molecule has 8 heteroatoms. The van der Waals surface area contributed by atoms with Crippen LogP contribution in [-0.4, -0.2) is 33.5 Å². The first kappa shape index (κ1) is 16.7. The molecule has 0 spiro atoms. The molecule has 0 atom stereocenters. The highest BCUT2D eigenvalue weighted by Gasteiger charge is 2.38. The largest absolute Gasteiger partial charge is 0.396 e. The molecule has 8 nitrogen and oxygen atoms in total. The molecule has 0 radical (unpaired) electrons. The number of nitrogens with zero attached hydrogens (tertiary/aromatic N) is 4. The van der Waals surface area contributed by atoms with Gasteiger partial charge >= 0.3 is 0 Å². The highest BCUT2D eigenvalue weighted by atomic mass is 16.2. The maximum atomic E-state index is 12.9. The van der Waals surface area contributed by atoms with Gasteiger partial charge in [0.15, 0.2) is 5.65 Å². The number of rotatable bonds is 2. The smallest absolute Gasteiger partial charge is 0.261 e. The number of aromatic nitrogens is 2. The van der Waals surface area contributed by atoms with E-state index in [9.17, 15) is 9.59 Å². The Kier molecular flexibility index (Phi) is 3.29. The predicted octanol–water partition coefficient (Wildman–Crippen LogP) is 1.66. The molecule has 2 aromatic heterocycles. The number of aliphatic imine (C=N–C) groups is 1. The van der Waals surface area contributed by atoms with E-state index in [1.165, 1.54) is 5.56 Å². The third-order valence-electron chi connectivity index (χ3n) is 5.72. The number of imidazole rings is 1. The van der Waals surface area contributed by atoms with Crippen molar-refractivity contribution in [1.82, 2.24) is 14.7 Å². The normalized spacial score (nSPS) is 17.5. The van der Waals surface area contributed by atoms with Crippen LogP contribution in [0.2, 0.25) is 0 Å². The lowest BCUT2D eigenvalue weighted by Crippen LogP contribution is -2.25. The SMILES string of the molecule is Nc1cccn2c(C3=C(C4=NC=CN5CCc6cccc4c65)C(=O)NC3=O)cnc12. The molecule has 3 aromatic rings. The molecule has 0 fully saturated rings. The maximum Gasteiger partial charge on any atom is 0.261 e. The molecule has 30 heavy (non-hydrogen) atoms. The van der Waals surface area contributed by atoms with Gasteiger partial charge in [0, 0.05) is 30.7 Å². The Labute approximate surface area is 171 Å². The summed E-state index contributed by atoms with van der Waals surface area (Å²) in [6.45, 7) is 0.856. The number of nitrogens with two attached hydrogens (primary N) is 1. The monoisotopic (exact) mass is 396 g/mol. The van der Waals surface area contributed by atoms with Gasteiger partial charge in [0.1, 0.15) is 0 Å². The van der Waals surface area contributed by atoms with Gasteiger partial charge in [0.25, 0.3) is 11.8 Å². The Hall–Kier alpha value is -4.20. The standard InChI is InChI=1S/C22H16N6O2/c23-14-5-2-8-28-15(11-25-20(14)28)16-17(22(30)26-21(16)29)18-13-4-1-3-12-6-9-27(19(12)13)10-7-24-18/h1-5,7-8,10-11H,6,9,23H2,(H,26,29,30). The van der Waals surface area contributed by atoms with Crippen LogP contribution in [0.1, 0.15) is 16.8 Å². The number of fused-ring (bicyclic) bond motifs is 1. The number of hydrogen-bond acceptors (Lipinski definition) is 6. The van der Waals surface area contributed by atoms with E-state index < -0.39 is 11.8 Å². The average molecular weight is 396 g/mol. The van der Waals surface area contributed by atoms with Crippen molar-refractivity contribution in [3.05, 3.63) is 77.5 Å². The molecule has 3 N–H and O–H groups in total. The van der Waals surface area contributed by atoms with Crippen LogP contribution >= 0.6 is 0 Å². The predicted molar refractivity (Wildman–Crippen MR) is 113 cm³/mol. The lowest BCUT2D eigenvalue weighted by Gasteiger charge is -2.17. The van der Waals surface area contributed by atoms with E-state index in [2.05, 4.69) is 26.3 Å². The highest BCUT2D eigenvalue weighted by Crippen LogP contribution is 2.37. The Morgan fingerprint density at radius 1 is 1.07 bits per heavy atom. The minimum absolute atomic E-state index is 0.245. The number of benzene rings is 1. The number of hydrogen-bond donors (Lipinski definition) is 2. The first-order valence-electron chi connectivity index (χ1n) is 9.59. The molecule has 2 amide bonds. The van der Waals surface area contributed by atoms with E-state index in [1.807, 2.05) is 18.3 Å². The second-order valence-electron chi connectivity index (χ2n) is 7.37. The first-order valence-corrected chi connectivity index (χ1v) is 9.59. The number of pyridine rings is 1. The van der Waals surface area contributed by atoms with Crippen LogP contribution in [0.4, 0.5) is 11.4 Å². The van der Waals surface area contributed by atoms with Crippen molar-refractivity contribution in [2.45, 2.75) is 6.42 Å². The summed E-state index contributed by atoms with van der Waals surface area (Å²) in [4.78, 5) is 36.9. The number of nitrogens with one attached hydrogen (secondary N) is 1. The summed E-state index contributed by atoms with van der Waals surface area (Å²) >= 11 is 0. The number of anilines is 2. The van der Waals surface area contributed by atoms with E-state index in [4.69, 9.17) is 5.73 Å². The number of para-hydroxylation sites is 1. The van der Waals surface area contributed by atoms with Crippen molar-refractivity contribution in [3.63, 3.8) is 0 Å². The fraction of sp³-hybridized carbons (Fsp3) is 0.0909. The minimum atomic E-state index is -0.473. The summed E-state index contributed by atoms with van der Waals surface area (Å²) in [5, 5.41) is 2.43. The first-order chi connectivity index (χ1) is 14.6. The molecule has 6 rings (SSSR count). The van der Waals surface area contributed by atoms with Crippen molar-refractivity contribution in [2.24, 2.45) is 4.99 Å². The molecule has 5 heterocycles. The Morgan fingerprint density at radius 2 is 1.93 bits per heavy atom. The topological polar surface area (TPSA) is 105 Å². The minimum Gasteiger partial charge on any atom is -0.396 e. The van der Waals surface area contributed by atoms with Gasteiger partial charge in [0.2, 0.25) is 0 Å². The number of nitrogen functional groups attached to an aromatic ring is 1. The molecule has 0 bridgehead atoms. The van der Waals surface area contributed by atoms with Crippen LogP contribution in [0.3, 0.4) is 0 Å². The summed E-state index contributed by atoms with van der Waals surface area (Å²) in [5.41, 5.74) is 11.6. The third-order valence-corrected chi connectivity index (χ3v) is 5.72. The molecule has 0 unspecified atom stereocenters. The van der Waals surface area contributed by atoms with Gasteiger partial charge in [-0.25, -0.2) is 4.98 Å². The number of imide groups is 1. The summed E-state index contributed by atoms with van der Waals surface area (Å²) < 4.78 is 1.72. The average Bonchev–Trinajstić information content (AvgIpc) is 3.38. The molecule has 146 valence electrons.